The van der Waals surface area contributed by atoms with Gasteiger partial charge in [-0.1, -0.05) is 20.8 Å². The molecule has 1 aromatic carbocycles. The number of anilines is 1. The van der Waals surface area contributed by atoms with Crippen molar-refractivity contribution in [2.24, 2.45) is 4.99 Å². The van der Waals surface area contributed by atoms with Crippen LogP contribution in [0.25, 0.3) is 5.70 Å². The van der Waals surface area contributed by atoms with E-state index in [1.165, 1.54) is 18.6 Å². The number of ether oxygens (including phenoxy) is 1. The minimum Gasteiger partial charge on any atom is -0.358 e. The SMILES string of the molecule is CC(C)(C)c1ccc(C(=O)Nc2cc(C3=CC(=Nc4ccncn4)COCNN3)ccc2F)cn1. The molecule has 3 aromatic rings. The molecule has 35 heavy (non-hydrogen) atoms. The summed E-state index contributed by atoms with van der Waals surface area (Å²) in [5, 5.41) is 2.64. The lowest BCUT2D eigenvalue weighted by Crippen LogP contribution is -2.35. The van der Waals surface area contributed by atoms with E-state index in [4.69, 9.17) is 4.74 Å². The van der Waals surface area contributed by atoms with Gasteiger partial charge < -0.3 is 15.5 Å². The predicted molar refractivity (Wildman–Crippen MR) is 131 cm³/mol. The molecule has 2 aromatic heterocycles. The third kappa shape index (κ3) is 6.31. The fourth-order valence-electron chi connectivity index (χ4n) is 3.25. The summed E-state index contributed by atoms with van der Waals surface area (Å²) in [6, 6.07) is 9.62. The van der Waals surface area contributed by atoms with Crippen LogP contribution in [0, 0.1) is 5.82 Å². The minimum absolute atomic E-state index is 0.0442. The Labute approximate surface area is 202 Å². The zero-order valence-electron chi connectivity index (χ0n) is 19.7. The molecule has 1 aliphatic rings. The number of carbonyl (C=O) groups excluding carboxylic acids is 1. The maximum Gasteiger partial charge on any atom is 0.257 e. The minimum atomic E-state index is -0.556. The van der Waals surface area contributed by atoms with Gasteiger partial charge in [-0.15, -0.1) is 0 Å². The van der Waals surface area contributed by atoms with Gasteiger partial charge >= 0.3 is 0 Å². The molecule has 0 radical (unpaired) electrons. The van der Waals surface area contributed by atoms with Crippen molar-refractivity contribution in [3.05, 3.63) is 83.8 Å². The van der Waals surface area contributed by atoms with Crippen LogP contribution in [-0.2, 0) is 10.2 Å². The number of hydrogen-bond donors (Lipinski definition) is 3. The molecular weight excluding hydrogens is 449 g/mol. The number of hydrogen-bond acceptors (Lipinski definition) is 8. The number of carbonyl (C=O) groups is 1. The molecular formula is C25H26FN7O2. The van der Waals surface area contributed by atoms with Gasteiger partial charge in [-0.25, -0.2) is 24.8 Å². The number of pyridine rings is 1. The Balaban J connectivity index is 1.59. The summed E-state index contributed by atoms with van der Waals surface area (Å²) < 4.78 is 20.1. The second kappa shape index (κ2) is 10.5. The lowest BCUT2D eigenvalue weighted by molar-refractivity contribution is 0.102. The molecule has 0 atom stereocenters. The maximum atomic E-state index is 14.6. The number of nitrogens with zero attached hydrogens (tertiary/aromatic N) is 4. The van der Waals surface area contributed by atoms with Crippen molar-refractivity contribution in [1.82, 2.24) is 25.8 Å². The molecule has 0 spiro atoms. The van der Waals surface area contributed by atoms with E-state index >= 15 is 0 Å². The van der Waals surface area contributed by atoms with Crippen LogP contribution in [0.15, 0.2) is 66.2 Å². The summed E-state index contributed by atoms with van der Waals surface area (Å²) in [6.45, 7) is 6.59. The molecule has 180 valence electrons. The molecule has 1 aliphatic heterocycles. The molecule has 0 unspecified atom stereocenters. The Bertz CT molecular complexity index is 1250. The molecule has 0 saturated carbocycles. The summed E-state index contributed by atoms with van der Waals surface area (Å²) in [6.07, 6.45) is 6.27. The highest BCUT2D eigenvalue weighted by Gasteiger charge is 2.17. The van der Waals surface area contributed by atoms with Gasteiger partial charge in [0.15, 0.2) is 5.82 Å². The van der Waals surface area contributed by atoms with Gasteiger partial charge in [0.2, 0.25) is 0 Å². The van der Waals surface area contributed by atoms with E-state index in [1.807, 2.05) is 20.8 Å². The molecule has 0 bridgehead atoms. The summed E-state index contributed by atoms with van der Waals surface area (Å²) in [5.41, 5.74) is 8.92. The maximum absolute atomic E-state index is 14.6. The molecule has 3 N–H and O–H groups in total. The van der Waals surface area contributed by atoms with E-state index in [0.29, 0.717) is 28.4 Å². The van der Waals surface area contributed by atoms with Gasteiger partial charge in [0.25, 0.3) is 5.91 Å². The molecule has 3 heterocycles. The highest BCUT2D eigenvalue weighted by Crippen LogP contribution is 2.23. The number of rotatable bonds is 4. The fourth-order valence-corrected chi connectivity index (χ4v) is 3.25. The quantitative estimate of drug-likeness (QED) is 0.527. The standard InChI is InChI=1S/C25H26FN7O2/c1-25(2,3)22-7-5-17(12-28-22)24(34)32-21-10-16(4-6-19(21)26)20-11-18(13-35-15-30-33-20)31-23-8-9-27-14-29-23/h4-12,14,30,33H,13,15H2,1-3H3,(H,32,34). The van der Waals surface area contributed by atoms with E-state index in [1.54, 1.807) is 42.6 Å². The normalized spacial score (nSPS) is 15.5. The lowest BCUT2D eigenvalue weighted by Gasteiger charge is -2.18. The topological polar surface area (TPSA) is 113 Å². The second-order valence-electron chi connectivity index (χ2n) is 8.85. The van der Waals surface area contributed by atoms with Crippen molar-refractivity contribution in [3.8, 4) is 0 Å². The van der Waals surface area contributed by atoms with Crippen LogP contribution in [0.5, 0.6) is 0 Å². The third-order valence-electron chi connectivity index (χ3n) is 5.10. The van der Waals surface area contributed by atoms with Crippen molar-refractivity contribution in [2.45, 2.75) is 26.2 Å². The third-order valence-corrected chi connectivity index (χ3v) is 5.10. The van der Waals surface area contributed by atoms with Crippen LogP contribution in [-0.4, -0.2) is 39.9 Å². The largest absolute Gasteiger partial charge is 0.358 e. The summed E-state index contributed by atoms with van der Waals surface area (Å²) >= 11 is 0. The number of hydrazine groups is 1. The van der Waals surface area contributed by atoms with Crippen molar-refractivity contribution in [1.29, 1.82) is 0 Å². The zero-order chi connectivity index (χ0) is 24.8. The molecule has 0 aliphatic carbocycles. The Morgan fingerprint density at radius 2 is 2.03 bits per heavy atom. The Morgan fingerprint density at radius 1 is 1.17 bits per heavy atom. The van der Waals surface area contributed by atoms with Gasteiger partial charge in [-0.2, -0.15) is 0 Å². The van der Waals surface area contributed by atoms with Gasteiger partial charge in [0.1, 0.15) is 18.9 Å². The van der Waals surface area contributed by atoms with Crippen molar-refractivity contribution < 1.29 is 13.9 Å². The number of aromatic nitrogens is 3. The van der Waals surface area contributed by atoms with Gasteiger partial charge in [-0.3, -0.25) is 9.78 Å². The number of amides is 1. The van der Waals surface area contributed by atoms with Crippen LogP contribution in [0.4, 0.5) is 15.9 Å². The molecule has 0 fully saturated rings. The lowest BCUT2D eigenvalue weighted by atomic mass is 9.91. The zero-order valence-corrected chi connectivity index (χ0v) is 19.7. The molecule has 10 heteroatoms. The van der Waals surface area contributed by atoms with Crippen LogP contribution in [0.3, 0.4) is 0 Å². The van der Waals surface area contributed by atoms with Crippen molar-refractivity contribution >= 4 is 28.8 Å². The molecule has 0 saturated heterocycles. The van der Waals surface area contributed by atoms with Crippen LogP contribution in [0.1, 0.15) is 42.4 Å². The highest BCUT2D eigenvalue weighted by molar-refractivity contribution is 6.05. The predicted octanol–water partition coefficient (Wildman–Crippen LogP) is 3.76. The Kier molecular flexibility index (Phi) is 7.23. The van der Waals surface area contributed by atoms with E-state index in [2.05, 4.69) is 36.1 Å². The number of aliphatic imine (C=N–C) groups is 1. The summed E-state index contributed by atoms with van der Waals surface area (Å²) in [7, 11) is 0. The number of halogens is 1. The van der Waals surface area contributed by atoms with Crippen LogP contribution in [0.2, 0.25) is 0 Å². The molecule has 4 rings (SSSR count). The monoisotopic (exact) mass is 475 g/mol. The number of nitrogens with one attached hydrogen (secondary N) is 3. The first-order chi connectivity index (χ1) is 16.8. The van der Waals surface area contributed by atoms with E-state index in [0.717, 1.165) is 5.69 Å². The average Bonchev–Trinajstić information content (AvgIpc) is 2.82. The smallest absolute Gasteiger partial charge is 0.257 e. The molecule has 1 amide bonds. The first kappa shape index (κ1) is 24.1. The van der Waals surface area contributed by atoms with E-state index in [-0.39, 0.29) is 24.4 Å². The van der Waals surface area contributed by atoms with Gasteiger partial charge in [0.05, 0.1) is 29.3 Å². The van der Waals surface area contributed by atoms with Crippen molar-refractivity contribution in [3.63, 3.8) is 0 Å². The summed E-state index contributed by atoms with van der Waals surface area (Å²) in [5.74, 6) is -0.522. The molecule has 9 nitrogen and oxygen atoms in total. The van der Waals surface area contributed by atoms with E-state index < -0.39 is 11.7 Å². The first-order valence-corrected chi connectivity index (χ1v) is 11.0. The van der Waals surface area contributed by atoms with Crippen LogP contribution >= 0.6 is 0 Å². The van der Waals surface area contributed by atoms with Gasteiger partial charge in [-0.05, 0) is 36.4 Å². The fraction of sp³-hybridized carbons (Fsp3) is 0.240. The Hall–Kier alpha value is -4.02. The Morgan fingerprint density at radius 3 is 2.74 bits per heavy atom. The van der Waals surface area contributed by atoms with Gasteiger partial charge in [0, 0.05) is 35.1 Å². The first-order valence-electron chi connectivity index (χ1n) is 11.0. The van der Waals surface area contributed by atoms with E-state index in [9.17, 15) is 9.18 Å². The average molecular weight is 476 g/mol. The summed E-state index contributed by atoms with van der Waals surface area (Å²) in [4.78, 5) is 29.6. The number of benzene rings is 1. The van der Waals surface area contributed by atoms with Crippen molar-refractivity contribution in [2.75, 3.05) is 18.7 Å². The van der Waals surface area contributed by atoms with Crippen LogP contribution < -0.4 is 16.2 Å². The second-order valence-corrected chi connectivity index (χ2v) is 8.85. The highest BCUT2D eigenvalue weighted by atomic mass is 19.1.